The van der Waals surface area contributed by atoms with Crippen LogP contribution in [0.15, 0.2) is 23.6 Å². The number of benzene rings is 1. The monoisotopic (exact) mass is 187 g/mol. The standard InChI is InChI=1S/C11H9NS/c1-2-8-5-9(7-12)10-3-4-13-11(10)6-8/h3-6H,2H2,1H3. The zero-order valence-corrected chi connectivity index (χ0v) is 8.19. The average molecular weight is 187 g/mol. The highest BCUT2D eigenvalue weighted by Crippen LogP contribution is 2.25. The van der Waals surface area contributed by atoms with Gasteiger partial charge in [-0.2, -0.15) is 5.26 Å². The Labute approximate surface area is 81.2 Å². The van der Waals surface area contributed by atoms with Crippen molar-refractivity contribution >= 4 is 21.4 Å². The van der Waals surface area contributed by atoms with Crippen molar-refractivity contribution in [2.45, 2.75) is 13.3 Å². The first kappa shape index (κ1) is 8.28. The van der Waals surface area contributed by atoms with Crippen LogP contribution in [0, 0.1) is 11.3 Å². The highest BCUT2D eigenvalue weighted by molar-refractivity contribution is 7.17. The van der Waals surface area contributed by atoms with E-state index in [9.17, 15) is 0 Å². The van der Waals surface area contributed by atoms with E-state index in [2.05, 4.69) is 19.1 Å². The van der Waals surface area contributed by atoms with Gasteiger partial charge in [0, 0.05) is 10.1 Å². The molecule has 2 heteroatoms. The van der Waals surface area contributed by atoms with Gasteiger partial charge in [-0.1, -0.05) is 6.92 Å². The molecule has 0 aliphatic carbocycles. The number of hydrogen-bond acceptors (Lipinski definition) is 2. The molecule has 0 fully saturated rings. The molecule has 0 bridgehead atoms. The fourth-order valence-electron chi connectivity index (χ4n) is 1.43. The number of thiophene rings is 1. The molecule has 0 spiro atoms. The topological polar surface area (TPSA) is 23.8 Å². The molecule has 0 aliphatic heterocycles. The number of nitrogens with zero attached hydrogens (tertiary/aromatic N) is 1. The molecular weight excluding hydrogens is 178 g/mol. The highest BCUT2D eigenvalue weighted by atomic mass is 32.1. The molecular formula is C11H9NS. The summed E-state index contributed by atoms with van der Waals surface area (Å²) in [4.78, 5) is 0. The van der Waals surface area contributed by atoms with Crippen LogP contribution in [0.5, 0.6) is 0 Å². The second-order valence-electron chi connectivity index (χ2n) is 2.94. The Morgan fingerprint density at radius 2 is 2.31 bits per heavy atom. The van der Waals surface area contributed by atoms with Crippen LogP contribution in [-0.2, 0) is 6.42 Å². The molecule has 0 N–H and O–H groups in total. The van der Waals surface area contributed by atoms with Crippen LogP contribution in [-0.4, -0.2) is 0 Å². The van der Waals surface area contributed by atoms with Crippen LogP contribution in [0.25, 0.3) is 10.1 Å². The lowest BCUT2D eigenvalue weighted by Crippen LogP contribution is -1.82. The van der Waals surface area contributed by atoms with E-state index in [1.54, 1.807) is 11.3 Å². The predicted octanol–water partition coefficient (Wildman–Crippen LogP) is 3.34. The molecule has 2 aromatic rings. The normalized spacial score (nSPS) is 10.2. The molecule has 64 valence electrons. The molecule has 1 nitrogen and oxygen atoms in total. The van der Waals surface area contributed by atoms with E-state index < -0.39 is 0 Å². The summed E-state index contributed by atoms with van der Waals surface area (Å²) in [6.07, 6.45) is 0.989. The molecule has 0 aliphatic rings. The van der Waals surface area contributed by atoms with E-state index in [1.807, 2.05) is 17.5 Å². The van der Waals surface area contributed by atoms with Gasteiger partial charge in [0.2, 0.25) is 0 Å². The van der Waals surface area contributed by atoms with Gasteiger partial charge in [-0.25, -0.2) is 0 Å². The van der Waals surface area contributed by atoms with Crippen LogP contribution in [0.1, 0.15) is 18.1 Å². The van der Waals surface area contributed by atoms with Gasteiger partial charge >= 0.3 is 0 Å². The Hall–Kier alpha value is -1.33. The van der Waals surface area contributed by atoms with Crippen molar-refractivity contribution in [1.82, 2.24) is 0 Å². The first-order chi connectivity index (χ1) is 6.35. The highest BCUT2D eigenvalue weighted by Gasteiger charge is 2.03. The van der Waals surface area contributed by atoms with Crippen molar-refractivity contribution in [1.29, 1.82) is 5.26 Å². The summed E-state index contributed by atoms with van der Waals surface area (Å²) in [6, 6.07) is 8.40. The van der Waals surface area contributed by atoms with E-state index in [1.165, 1.54) is 10.3 Å². The number of aryl methyl sites for hydroxylation is 1. The van der Waals surface area contributed by atoms with Gasteiger partial charge in [-0.15, -0.1) is 11.3 Å². The van der Waals surface area contributed by atoms with E-state index in [4.69, 9.17) is 5.26 Å². The molecule has 1 aromatic carbocycles. The fourth-order valence-corrected chi connectivity index (χ4v) is 2.30. The average Bonchev–Trinajstić information content (AvgIpc) is 2.63. The molecule has 1 aromatic heterocycles. The third-order valence-electron chi connectivity index (χ3n) is 2.16. The lowest BCUT2D eigenvalue weighted by atomic mass is 10.1. The maximum atomic E-state index is 8.93. The van der Waals surface area contributed by atoms with Gasteiger partial charge in [-0.05, 0) is 35.6 Å². The van der Waals surface area contributed by atoms with Crippen molar-refractivity contribution in [2.75, 3.05) is 0 Å². The second kappa shape index (κ2) is 3.20. The smallest absolute Gasteiger partial charge is 0.0998 e. The molecule has 13 heavy (non-hydrogen) atoms. The Morgan fingerprint density at radius 1 is 1.46 bits per heavy atom. The first-order valence-electron chi connectivity index (χ1n) is 4.25. The van der Waals surface area contributed by atoms with Crippen LogP contribution >= 0.6 is 11.3 Å². The number of fused-ring (bicyclic) bond motifs is 1. The molecule has 0 saturated carbocycles. The Bertz CT molecular complexity index is 476. The fraction of sp³-hybridized carbons (Fsp3) is 0.182. The summed E-state index contributed by atoms with van der Waals surface area (Å²) in [5, 5.41) is 12.0. The zero-order valence-electron chi connectivity index (χ0n) is 7.37. The van der Waals surface area contributed by atoms with Crippen molar-refractivity contribution < 1.29 is 0 Å². The third-order valence-corrected chi connectivity index (χ3v) is 3.02. The Morgan fingerprint density at radius 3 is 3.00 bits per heavy atom. The molecule has 0 amide bonds. The molecule has 2 rings (SSSR count). The minimum atomic E-state index is 0.801. The van der Waals surface area contributed by atoms with Gasteiger partial charge < -0.3 is 0 Å². The molecule has 1 heterocycles. The second-order valence-corrected chi connectivity index (χ2v) is 3.89. The maximum absolute atomic E-state index is 8.93. The Kier molecular flexibility index (Phi) is 2.03. The molecule has 0 saturated heterocycles. The number of rotatable bonds is 1. The van der Waals surface area contributed by atoms with Gasteiger partial charge in [0.15, 0.2) is 0 Å². The largest absolute Gasteiger partial charge is 0.192 e. The number of nitriles is 1. The summed E-state index contributed by atoms with van der Waals surface area (Å²) in [6.45, 7) is 2.11. The van der Waals surface area contributed by atoms with Crippen LogP contribution in [0.2, 0.25) is 0 Å². The third kappa shape index (κ3) is 1.32. The van der Waals surface area contributed by atoms with Crippen LogP contribution in [0.4, 0.5) is 0 Å². The van der Waals surface area contributed by atoms with Crippen molar-refractivity contribution in [3.05, 3.63) is 34.7 Å². The summed E-state index contributed by atoms with van der Waals surface area (Å²) in [5.74, 6) is 0. The first-order valence-corrected chi connectivity index (χ1v) is 5.13. The minimum Gasteiger partial charge on any atom is -0.192 e. The summed E-state index contributed by atoms with van der Waals surface area (Å²) in [5.41, 5.74) is 2.04. The Balaban J connectivity index is 2.79. The van der Waals surface area contributed by atoms with Gasteiger partial charge in [0.05, 0.1) is 11.6 Å². The van der Waals surface area contributed by atoms with Crippen molar-refractivity contribution in [3.8, 4) is 6.07 Å². The van der Waals surface area contributed by atoms with Crippen LogP contribution < -0.4 is 0 Å². The lowest BCUT2D eigenvalue weighted by Gasteiger charge is -1.98. The van der Waals surface area contributed by atoms with E-state index in [0.29, 0.717) is 0 Å². The summed E-state index contributed by atoms with van der Waals surface area (Å²) < 4.78 is 1.22. The quantitative estimate of drug-likeness (QED) is 0.671. The lowest BCUT2D eigenvalue weighted by molar-refractivity contribution is 1.14. The van der Waals surface area contributed by atoms with Gasteiger partial charge in [0.25, 0.3) is 0 Å². The maximum Gasteiger partial charge on any atom is 0.0998 e. The molecule has 0 atom stereocenters. The minimum absolute atomic E-state index is 0.801. The molecule has 0 unspecified atom stereocenters. The number of hydrogen-bond donors (Lipinski definition) is 0. The molecule has 0 radical (unpaired) electrons. The SMILES string of the molecule is CCc1cc(C#N)c2ccsc2c1. The van der Waals surface area contributed by atoms with E-state index in [-0.39, 0.29) is 0 Å². The van der Waals surface area contributed by atoms with Crippen molar-refractivity contribution in [3.63, 3.8) is 0 Å². The van der Waals surface area contributed by atoms with Crippen LogP contribution in [0.3, 0.4) is 0 Å². The van der Waals surface area contributed by atoms with Gasteiger partial charge in [-0.3, -0.25) is 0 Å². The van der Waals surface area contributed by atoms with Crippen molar-refractivity contribution in [2.24, 2.45) is 0 Å². The zero-order chi connectivity index (χ0) is 9.26. The van der Waals surface area contributed by atoms with Gasteiger partial charge in [0.1, 0.15) is 0 Å². The van der Waals surface area contributed by atoms with E-state index >= 15 is 0 Å². The van der Waals surface area contributed by atoms with E-state index in [0.717, 1.165) is 17.4 Å². The summed E-state index contributed by atoms with van der Waals surface area (Å²) in [7, 11) is 0. The predicted molar refractivity (Wildman–Crippen MR) is 55.9 cm³/mol. The summed E-state index contributed by atoms with van der Waals surface area (Å²) >= 11 is 1.70.